The van der Waals surface area contributed by atoms with Gasteiger partial charge in [-0.1, -0.05) is 106 Å². The molecule has 5 amide bonds. The van der Waals surface area contributed by atoms with Gasteiger partial charge in [-0.05, 0) is 48.0 Å². The van der Waals surface area contributed by atoms with Gasteiger partial charge in [-0.15, -0.1) is 0 Å². The molecule has 1 rings (SSSR count). The van der Waals surface area contributed by atoms with Crippen LogP contribution in [0.15, 0.2) is 30.3 Å². The van der Waals surface area contributed by atoms with E-state index in [1.54, 1.807) is 34.6 Å². The van der Waals surface area contributed by atoms with Crippen molar-refractivity contribution in [3.05, 3.63) is 35.9 Å². The van der Waals surface area contributed by atoms with E-state index in [9.17, 15) is 39.0 Å². The lowest BCUT2D eigenvalue weighted by Crippen LogP contribution is -2.59. The first-order chi connectivity index (χ1) is 23.8. The zero-order chi connectivity index (χ0) is 39.0. The van der Waals surface area contributed by atoms with E-state index in [-0.39, 0.29) is 42.4 Å². The van der Waals surface area contributed by atoms with Crippen LogP contribution in [0.2, 0.25) is 0 Å². The largest absolute Gasteiger partial charge is 0.480 e. The number of carbonyl (C=O) groups is 6. The smallest absolute Gasteiger partial charge is 0.326 e. The molecule has 0 heterocycles. The number of hydrogen-bond donors (Lipinski definition) is 7. The second-order valence-electron chi connectivity index (χ2n) is 15.2. The molecule has 0 saturated carbocycles. The molecule has 7 atom stereocenters. The molecule has 0 bridgehead atoms. The summed E-state index contributed by atoms with van der Waals surface area (Å²) in [6.45, 7) is 18.1. The van der Waals surface area contributed by atoms with Crippen LogP contribution in [0.5, 0.6) is 0 Å². The van der Waals surface area contributed by atoms with Crippen LogP contribution in [0.1, 0.15) is 100 Å². The number of rotatable bonds is 22. The van der Waals surface area contributed by atoms with Crippen molar-refractivity contribution >= 4 is 35.5 Å². The molecule has 0 aliphatic rings. The third-order valence-electron chi connectivity index (χ3n) is 8.73. The van der Waals surface area contributed by atoms with Crippen molar-refractivity contribution in [3.8, 4) is 0 Å². The van der Waals surface area contributed by atoms with Crippen molar-refractivity contribution in [2.75, 3.05) is 0 Å². The molecule has 0 fully saturated rings. The molecule has 0 saturated heterocycles. The number of nitrogens with one attached hydrogen (secondary N) is 5. The van der Waals surface area contributed by atoms with Gasteiger partial charge in [-0.2, -0.15) is 0 Å². The minimum Gasteiger partial charge on any atom is -0.480 e. The number of carbonyl (C=O) groups excluding carboxylic acids is 5. The Morgan fingerprint density at radius 2 is 1.16 bits per heavy atom. The molecule has 0 aromatic heterocycles. The fourth-order valence-electron chi connectivity index (χ4n) is 5.56. The van der Waals surface area contributed by atoms with Crippen LogP contribution in [-0.2, 0) is 35.2 Å². The fraction of sp³-hybridized carbons (Fsp3) is 0.684. The summed E-state index contributed by atoms with van der Waals surface area (Å²) < 4.78 is 0. The predicted molar refractivity (Wildman–Crippen MR) is 196 cm³/mol. The molecule has 288 valence electrons. The number of benzene rings is 1. The SMILES string of the molecule is CC[C@H](C)[C@H](NC(=O)C[C@H](O)[C@H](Cc1ccccc1)NC(=O)C(NC(=O)[C@H](CC(C)C)NC(=O)CC(C)C)C(C)C)C(=O)NC(C(=O)O)C(C)C. The zero-order valence-electron chi connectivity index (χ0n) is 32.1. The summed E-state index contributed by atoms with van der Waals surface area (Å²) in [5, 5.41) is 34.6. The van der Waals surface area contributed by atoms with Crippen LogP contribution in [0.3, 0.4) is 0 Å². The van der Waals surface area contributed by atoms with E-state index in [0.717, 1.165) is 5.56 Å². The number of aliphatic hydroxyl groups excluding tert-OH is 1. The second-order valence-corrected chi connectivity index (χ2v) is 15.2. The molecule has 51 heavy (non-hydrogen) atoms. The van der Waals surface area contributed by atoms with Gasteiger partial charge < -0.3 is 36.8 Å². The lowest BCUT2D eigenvalue weighted by molar-refractivity contribution is -0.143. The molecule has 0 radical (unpaired) electrons. The van der Waals surface area contributed by atoms with Gasteiger partial charge >= 0.3 is 5.97 Å². The highest BCUT2D eigenvalue weighted by Crippen LogP contribution is 2.15. The number of carboxylic acids is 1. The Balaban J connectivity index is 3.24. The van der Waals surface area contributed by atoms with E-state index >= 15 is 0 Å². The highest BCUT2D eigenvalue weighted by atomic mass is 16.4. The maximum atomic E-state index is 13.8. The summed E-state index contributed by atoms with van der Waals surface area (Å²) in [4.78, 5) is 78.1. The predicted octanol–water partition coefficient (Wildman–Crippen LogP) is 2.94. The average molecular weight is 718 g/mol. The van der Waals surface area contributed by atoms with Gasteiger partial charge in [0.25, 0.3) is 0 Å². The Hall–Kier alpha value is -4.00. The summed E-state index contributed by atoms with van der Waals surface area (Å²) >= 11 is 0. The van der Waals surface area contributed by atoms with Crippen molar-refractivity contribution in [1.29, 1.82) is 0 Å². The lowest BCUT2D eigenvalue weighted by Gasteiger charge is -2.30. The van der Waals surface area contributed by atoms with Crippen molar-refractivity contribution in [1.82, 2.24) is 26.6 Å². The molecule has 13 heteroatoms. The van der Waals surface area contributed by atoms with Gasteiger partial charge in [0.15, 0.2) is 0 Å². The molecular formula is C38H63N5O8. The Kier molecular flexibility index (Phi) is 19.5. The second kappa shape index (κ2) is 22.0. The monoisotopic (exact) mass is 717 g/mol. The quantitative estimate of drug-likeness (QED) is 0.0948. The first-order valence-corrected chi connectivity index (χ1v) is 18.2. The minimum atomic E-state index is -1.40. The van der Waals surface area contributed by atoms with Gasteiger partial charge in [0, 0.05) is 6.42 Å². The Morgan fingerprint density at radius 1 is 0.627 bits per heavy atom. The molecular weight excluding hydrogens is 654 g/mol. The van der Waals surface area contributed by atoms with Crippen LogP contribution in [-0.4, -0.2) is 82.0 Å². The Morgan fingerprint density at radius 3 is 1.65 bits per heavy atom. The first kappa shape index (κ1) is 45.0. The fourth-order valence-corrected chi connectivity index (χ4v) is 5.56. The number of aliphatic carboxylic acids is 1. The van der Waals surface area contributed by atoms with Crippen LogP contribution in [0, 0.1) is 29.6 Å². The molecule has 7 N–H and O–H groups in total. The van der Waals surface area contributed by atoms with Crippen molar-refractivity contribution in [2.24, 2.45) is 29.6 Å². The summed E-state index contributed by atoms with van der Waals surface area (Å²) in [5.41, 5.74) is 0.780. The normalized spacial score (nSPS) is 15.7. The molecule has 2 unspecified atom stereocenters. The van der Waals surface area contributed by atoms with E-state index in [4.69, 9.17) is 0 Å². The van der Waals surface area contributed by atoms with E-state index in [1.165, 1.54) is 0 Å². The number of aliphatic hydroxyl groups is 1. The molecule has 1 aromatic carbocycles. The van der Waals surface area contributed by atoms with Crippen molar-refractivity contribution < 1.29 is 39.0 Å². The molecule has 1 aromatic rings. The molecule has 0 aliphatic heterocycles. The van der Waals surface area contributed by atoms with Gasteiger partial charge in [-0.25, -0.2) is 4.79 Å². The number of hydrogen-bond acceptors (Lipinski definition) is 7. The van der Waals surface area contributed by atoms with E-state index in [2.05, 4.69) is 26.6 Å². The first-order valence-electron chi connectivity index (χ1n) is 18.2. The Labute approximate surface area is 303 Å². The van der Waals surface area contributed by atoms with Crippen LogP contribution in [0.25, 0.3) is 0 Å². The summed E-state index contributed by atoms with van der Waals surface area (Å²) in [7, 11) is 0. The number of amides is 5. The maximum Gasteiger partial charge on any atom is 0.326 e. The summed E-state index contributed by atoms with van der Waals surface area (Å²) in [6, 6.07) is 4.05. The maximum absolute atomic E-state index is 13.8. The minimum absolute atomic E-state index is 0.0859. The van der Waals surface area contributed by atoms with Crippen molar-refractivity contribution in [3.63, 3.8) is 0 Å². The van der Waals surface area contributed by atoms with Gasteiger partial charge in [0.05, 0.1) is 18.6 Å². The average Bonchev–Trinajstić information content (AvgIpc) is 3.02. The summed E-state index contributed by atoms with van der Waals surface area (Å²) in [5.74, 6) is -4.74. The third-order valence-corrected chi connectivity index (χ3v) is 8.73. The highest BCUT2D eigenvalue weighted by Gasteiger charge is 2.34. The highest BCUT2D eigenvalue weighted by molar-refractivity contribution is 5.93. The lowest BCUT2D eigenvalue weighted by atomic mass is 9.95. The van der Waals surface area contributed by atoms with Crippen LogP contribution >= 0.6 is 0 Å². The third kappa shape index (κ3) is 16.3. The van der Waals surface area contributed by atoms with E-state index in [1.807, 2.05) is 65.0 Å². The van der Waals surface area contributed by atoms with Crippen LogP contribution in [0.4, 0.5) is 0 Å². The van der Waals surface area contributed by atoms with Gasteiger partial charge in [0.2, 0.25) is 29.5 Å². The van der Waals surface area contributed by atoms with E-state index < -0.39 is 78.2 Å². The zero-order valence-corrected chi connectivity index (χ0v) is 32.1. The molecule has 0 spiro atoms. The molecule has 13 nitrogen and oxygen atoms in total. The van der Waals surface area contributed by atoms with Gasteiger partial charge in [-0.3, -0.25) is 24.0 Å². The number of carboxylic acid groups (broad SMARTS) is 1. The van der Waals surface area contributed by atoms with Gasteiger partial charge in [0.1, 0.15) is 24.2 Å². The molecule has 0 aliphatic carbocycles. The topological polar surface area (TPSA) is 203 Å². The summed E-state index contributed by atoms with van der Waals surface area (Å²) in [6.07, 6.45) is -0.575. The van der Waals surface area contributed by atoms with Crippen molar-refractivity contribution in [2.45, 2.75) is 138 Å². The standard InChI is InChI=1S/C38H63N5O8/c1-11-25(10)34(37(49)43-33(24(8)9)38(50)51)41-31(46)20-29(44)27(19-26-15-13-12-14-16-26)40-36(48)32(23(6)7)42-35(47)28(17-21(2)3)39-30(45)18-22(4)5/h12-16,21-25,27-29,32-34,44H,11,17-20H2,1-10H3,(H,39,45)(H,40,48)(H,41,46)(H,42,47)(H,43,49)(H,50,51)/t25-,27-,28-,29-,32?,33?,34-/m0/s1. The Bertz CT molecular complexity index is 1290. The van der Waals surface area contributed by atoms with E-state index in [0.29, 0.717) is 12.8 Å². The van der Waals surface area contributed by atoms with Crippen LogP contribution < -0.4 is 26.6 Å².